The molecular formula is C14H12BrCl2NO5. The summed E-state index contributed by atoms with van der Waals surface area (Å²) in [5.41, 5.74) is -0.524. The first-order valence-electron chi connectivity index (χ1n) is 6.44. The molecule has 9 heteroatoms. The summed E-state index contributed by atoms with van der Waals surface area (Å²) < 4.78 is 5.90. The van der Waals surface area contributed by atoms with Crippen molar-refractivity contribution in [1.82, 2.24) is 5.32 Å². The summed E-state index contributed by atoms with van der Waals surface area (Å²) in [5.74, 6) is -0.792. The summed E-state index contributed by atoms with van der Waals surface area (Å²) in [5, 5.41) is 22.5. The number of rotatable bonds is 5. The second kappa shape index (κ2) is 7.63. The van der Waals surface area contributed by atoms with Gasteiger partial charge in [0, 0.05) is 9.86 Å². The molecule has 1 amide bonds. The lowest BCUT2D eigenvalue weighted by atomic mass is 10.0. The van der Waals surface area contributed by atoms with Crippen LogP contribution in [0.1, 0.15) is 11.7 Å². The third kappa shape index (κ3) is 4.24. The van der Waals surface area contributed by atoms with Crippen molar-refractivity contribution >= 4 is 56.0 Å². The molecule has 0 aliphatic carbocycles. The quantitative estimate of drug-likeness (QED) is 0.502. The molecule has 2 aromatic rings. The maximum Gasteiger partial charge on any atom is 0.342 e. The first kappa shape index (κ1) is 18.2. The summed E-state index contributed by atoms with van der Waals surface area (Å²) in [4.78, 5) is 22.1. The minimum Gasteiger partial charge on any atom is -0.422 e. The van der Waals surface area contributed by atoms with Gasteiger partial charge in [0.1, 0.15) is 11.7 Å². The van der Waals surface area contributed by atoms with Crippen LogP contribution in [0.3, 0.4) is 0 Å². The van der Waals surface area contributed by atoms with Crippen LogP contribution in [-0.2, 0) is 4.79 Å². The molecule has 0 saturated carbocycles. The van der Waals surface area contributed by atoms with Crippen LogP contribution in [0.5, 0.6) is 0 Å². The Kier molecular flexibility index (Phi) is 6.05. The van der Waals surface area contributed by atoms with E-state index in [1.165, 1.54) is 6.07 Å². The molecule has 0 unspecified atom stereocenters. The first-order chi connectivity index (χ1) is 10.8. The number of hydrogen-bond donors (Lipinski definition) is 3. The summed E-state index contributed by atoms with van der Waals surface area (Å²) in [6, 6.07) is 5.29. The van der Waals surface area contributed by atoms with Crippen molar-refractivity contribution in [2.45, 2.75) is 17.0 Å². The molecule has 6 nitrogen and oxygen atoms in total. The Hall–Kier alpha value is -1.12. The van der Waals surface area contributed by atoms with E-state index in [1.54, 1.807) is 18.2 Å². The number of alkyl halides is 2. The number of carbonyl (C=O) groups is 1. The lowest BCUT2D eigenvalue weighted by Gasteiger charge is -2.22. The van der Waals surface area contributed by atoms with E-state index < -0.39 is 35.1 Å². The van der Waals surface area contributed by atoms with E-state index in [4.69, 9.17) is 27.6 Å². The van der Waals surface area contributed by atoms with Crippen LogP contribution < -0.4 is 10.9 Å². The van der Waals surface area contributed by atoms with Gasteiger partial charge in [0.05, 0.1) is 18.2 Å². The number of halogens is 3. The molecule has 0 radical (unpaired) electrons. The molecule has 0 fully saturated rings. The van der Waals surface area contributed by atoms with Gasteiger partial charge < -0.3 is 19.9 Å². The molecule has 23 heavy (non-hydrogen) atoms. The molecule has 1 heterocycles. The Morgan fingerprint density at radius 2 is 2.04 bits per heavy atom. The van der Waals surface area contributed by atoms with Gasteiger partial charge in [-0.2, -0.15) is 0 Å². The van der Waals surface area contributed by atoms with Crippen molar-refractivity contribution in [3.05, 3.63) is 44.7 Å². The Bertz CT molecular complexity index is 779. The lowest BCUT2D eigenvalue weighted by molar-refractivity contribution is -0.121. The standard InChI is InChI=1S/C14H12BrCl2NO5/c15-7-1-2-10-6(3-7)4-8(14(22)23-10)11(20)9(5-19)18-13(21)12(16)17/h1-4,9,11-12,19-20H,5H2,(H,18,21)/t9-,11-/m1/s1. The number of nitrogens with one attached hydrogen (secondary N) is 1. The van der Waals surface area contributed by atoms with Crippen LogP contribution >= 0.6 is 39.1 Å². The van der Waals surface area contributed by atoms with Crippen LogP contribution in [0.2, 0.25) is 0 Å². The monoisotopic (exact) mass is 423 g/mol. The smallest absolute Gasteiger partial charge is 0.342 e. The largest absolute Gasteiger partial charge is 0.422 e. The molecule has 0 saturated heterocycles. The summed E-state index contributed by atoms with van der Waals surface area (Å²) in [6.07, 6.45) is -1.49. The molecule has 2 atom stereocenters. The van der Waals surface area contributed by atoms with Crippen molar-refractivity contribution in [2.24, 2.45) is 0 Å². The van der Waals surface area contributed by atoms with Crippen LogP contribution in [0.25, 0.3) is 11.0 Å². The normalized spacial score (nSPS) is 14.0. The summed E-state index contributed by atoms with van der Waals surface area (Å²) >= 11 is 14.1. The highest BCUT2D eigenvalue weighted by Crippen LogP contribution is 2.22. The van der Waals surface area contributed by atoms with Gasteiger partial charge in [0.2, 0.25) is 0 Å². The number of benzene rings is 1. The molecule has 0 aliphatic rings. The minimum atomic E-state index is -1.49. The third-order valence-electron chi connectivity index (χ3n) is 3.14. The maximum absolute atomic E-state index is 12.0. The predicted octanol–water partition coefficient (Wildman–Crippen LogP) is 1.87. The van der Waals surface area contributed by atoms with Crippen molar-refractivity contribution < 1.29 is 19.4 Å². The predicted molar refractivity (Wildman–Crippen MR) is 89.7 cm³/mol. The summed E-state index contributed by atoms with van der Waals surface area (Å²) in [7, 11) is 0. The van der Waals surface area contributed by atoms with E-state index in [0.29, 0.717) is 11.0 Å². The van der Waals surface area contributed by atoms with E-state index in [9.17, 15) is 19.8 Å². The Labute approximate surface area is 149 Å². The van der Waals surface area contributed by atoms with Crippen LogP contribution in [0.15, 0.2) is 37.9 Å². The molecule has 0 aliphatic heterocycles. The van der Waals surface area contributed by atoms with Gasteiger partial charge in [-0.1, -0.05) is 39.1 Å². The van der Waals surface area contributed by atoms with Gasteiger partial charge in [-0.3, -0.25) is 4.79 Å². The number of carbonyl (C=O) groups excluding carboxylic acids is 1. The molecule has 2 rings (SSSR count). The van der Waals surface area contributed by atoms with Crippen LogP contribution in [-0.4, -0.2) is 33.6 Å². The maximum atomic E-state index is 12.0. The van der Waals surface area contributed by atoms with Gasteiger partial charge >= 0.3 is 5.63 Å². The first-order valence-corrected chi connectivity index (χ1v) is 8.11. The zero-order valence-corrected chi connectivity index (χ0v) is 14.6. The average molecular weight is 425 g/mol. The fourth-order valence-electron chi connectivity index (χ4n) is 2.00. The molecular weight excluding hydrogens is 413 g/mol. The second-order valence-electron chi connectivity index (χ2n) is 4.71. The SMILES string of the molecule is O=C(N[C@H](CO)[C@H](O)c1cc2cc(Br)ccc2oc1=O)C(Cl)Cl. The highest BCUT2D eigenvalue weighted by atomic mass is 79.9. The number of hydrogen-bond acceptors (Lipinski definition) is 5. The molecule has 124 valence electrons. The third-order valence-corrected chi connectivity index (χ3v) is 4.03. The topological polar surface area (TPSA) is 99.8 Å². The average Bonchev–Trinajstić information content (AvgIpc) is 2.51. The number of aliphatic hydroxyl groups is 2. The minimum absolute atomic E-state index is 0.101. The number of fused-ring (bicyclic) bond motifs is 1. The van der Waals surface area contributed by atoms with Crippen LogP contribution in [0, 0.1) is 0 Å². The Morgan fingerprint density at radius 1 is 1.35 bits per heavy atom. The molecule has 3 N–H and O–H groups in total. The van der Waals surface area contributed by atoms with Gasteiger partial charge in [0.25, 0.3) is 5.91 Å². The Balaban J connectivity index is 2.38. The molecule has 1 aromatic carbocycles. The van der Waals surface area contributed by atoms with E-state index in [2.05, 4.69) is 21.2 Å². The van der Waals surface area contributed by atoms with Gasteiger partial charge in [-0.05, 0) is 24.3 Å². The summed E-state index contributed by atoms with van der Waals surface area (Å²) in [6.45, 7) is -0.622. The van der Waals surface area contributed by atoms with E-state index in [1.807, 2.05) is 0 Å². The highest BCUT2D eigenvalue weighted by Gasteiger charge is 2.27. The van der Waals surface area contributed by atoms with Gasteiger partial charge in [0.15, 0.2) is 4.84 Å². The fraction of sp³-hybridized carbons (Fsp3) is 0.286. The van der Waals surface area contributed by atoms with E-state index in [0.717, 1.165) is 4.47 Å². The second-order valence-corrected chi connectivity index (χ2v) is 6.73. The van der Waals surface area contributed by atoms with Crippen LogP contribution in [0.4, 0.5) is 0 Å². The van der Waals surface area contributed by atoms with Gasteiger partial charge in [-0.15, -0.1) is 0 Å². The Morgan fingerprint density at radius 3 is 2.65 bits per heavy atom. The molecule has 0 bridgehead atoms. The zero-order valence-electron chi connectivity index (χ0n) is 11.5. The van der Waals surface area contributed by atoms with E-state index >= 15 is 0 Å². The van der Waals surface area contributed by atoms with Crippen molar-refractivity contribution in [2.75, 3.05) is 6.61 Å². The molecule has 0 spiro atoms. The van der Waals surface area contributed by atoms with Crippen molar-refractivity contribution in [3.8, 4) is 0 Å². The highest BCUT2D eigenvalue weighted by molar-refractivity contribution is 9.10. The number of amides is 1. The zero-order chi connectivity index (χ0) is 17.1. The van der Waals surface area contributed by atoms with Crippen molar-refractivity contribution in [1.29, 1.82) is 0 Å². The van der Waals surface area contributed by atoms with Gasteiger partial charge in [-0.25, -0.2) is 4.79 Å². The lowest BCUT2D eigenvalue weighted by Crippen LogP contribution is -2.45. The number of aliphatic hydroxyl groups excluding tert-OH is 2. The fourth-order valence-corrected chi connectivity index (χ4v) is 2.51. The molecule has 1 aromatic heterocycles. The van der Waals surface area contributed by atoms with Crippen molar-refractivity contribution in [3.63, 3.8) is 0 Å². The van der Waals surface area contributed by atoms with E-state index in [-0.39, 0.29) is 5.56 Å².